The monoisotopic (exact) mass is 282 g/mol. The maximum absolute atomic E-state index is 11.7. The summed E-state index contributed by atoms with van der Waals surface area (Å²) in [4.78, 5) is 20.3. The van der Waals surface area contributed by atoms with Crippen LogP contribution in [0, 0.1) is 0 Å². The lowest BCUT2D eigenvalue weighted by Gasteiger charge is -2.08. The van der Waals surface area contributed by atoms with E-state index in [9.17, 15) is 4.79 Å². The van der Waals surface area contributed by atoms with Crippen molar-refractivity contribution in [1.82, 2.24) is 19.9 Å². The average molecular weight is 282 g/mol. The Morgan fingerprint density at radius 3 is 2.90 bits per heavy atom. The number of carbonyl (C=O) groups is 1. The van der Waals surface area contributed by atoms with Gasteiger partial charge in [0.2, 0.25) is 0 Å². The first-order valence-electron chi connectivity index (χ1n) is 6.59. The van der Waals surface area contributed by atoms with E-state index in [-0.39, 0.29) is 5.91 Å². The third-order valence-electron chi connectivity index (χ3n) is 2.99. The Balaban J connectivity index is 1.62. The Bertz CT molecular complexity index is 704. The highest BCUT2D eigenvalue weighted by Gasteiger charge is 2.09. The highest BCUT2D eigenvalue weighted by molar-refractivity contribution is 5.91. The second-order valence-electron chi connectivity index (χ2n) is 4.39. The van der Waals surface area contributed by atoms with Crippen molar-refractivity contribution < 1.29 is 9.21 Å². The molecule has 21 heavy (non-hydrogen) atoms. The van der Waals surface area contributed by atoms with Crippen LogP contribution in [0.4, 0.5) is 0 Å². The van der Waals surface area contributed by atoms with Gasteiger partial charge in [0, 0.05) is 31.7 Å². The number of carbonyl (C=O) groups excluding carboxylic acids is 1. The second-order valence-corrected chi connectivity index (χ2v) is 4.39. The fourth-order valence-corrected chi connectivity index (χ4v) is 2.00. The standard InChI is InChI=1S/C15H14N4O2/c20-15(13-5-3-11-21-13)18-8-10-19-9-7-17-14(19)12-4-1-2-6-16-12/h1-7,9,11H,8,10H2,(H,18,20). The van der Waals surface area contributed by atoms with Gasteiger partial charge in [-0.1, -0.05) is 6.07 Å². The molecular formula is C15H14N4O2. The zero-order valence-electron chi connectivity index (χ0n) is 11.3. The van der Waals surface area contributed by atoms with Gasteiger partial charge in [-0.05, 0) is 24.3 Å². The summed E-state index contributed by atoms with van der Waals surface area (Å²) in [6.07, 6.45) is 6.79. The molecule has 6 heteroatoms. The van der Waals surface area contributed by atoms with E-state index in [0.717, 1.165) is 11.5 Å². The third-order valence-corrected chi connectivity index (χ3v) is 2.99. The van der Waals surface area contributed by atoms with Crippen molar-refractivity contribution in [3.05, 3.63) is 60.9 Å². The number of hydrogen-bond donors (Lipinski definition) is 1. The number of amides is 1. The maximum atomic E-state index is 11.7. The molecule has 0 saturated carbocycles. The number of furan rings is 1. The summed E-state index contributed by atoms with van der Waals surface area (Å²) < 4.78 is 6.98. The number of nitrogens with zero attached hydrogens (tertiary/aromatic N) is 3. The van der Waals surface area contributed by atoms with Gasteiger partial charge in [0.05, 0.1) is 6.26 Å². The van der Waals surface area contributed by atoms with Gasteiger partial charge in [-0.3, -0.25) is 9.78 Å². The number of aromatic nitrogens is 3. The Hall–Kier alpha value is -2.89. The minimum atomic E-state index is -0.223. The van der Waals surface area contributed by atoms with Gasteiger partial charge in [-0.2, -0.15) is 0 Å². The van der Waals surface area contributed by atoms with E-state index in [1.807, 2.05) is 29.0 Å². The summed E-state index contributed by atoms with van der Waals surface area (Å²) in [5, 5.41) is 2.80. The molecule has 0 aliphatic heterocycles. The molecule has 0 bridgehead atoms. The quantitative estimate of drug-likeness (QED) is 0.776. The van der Waals surface area contributed by atoms with E-state index in [2.05, 4.69) is 15.3 Å². The molecule has 0 radical (unpaired) electrons. The van der Waals surface area contributed by atoms with Crippen molar-refractivity contribution in [2.24, 2.45) is 0 Å². The van der Waals surface area contributed by atoms with E-state index in [4.69, 9.17) is 4.42 Å². The molecule has 0 aliphatic rings. The highest BCUT2D eigenvalue weighted by atomic mass is 16.3. The topological polar surface area (TPSA) is 73.0 Å². The molecule has 0 aromatic carbocycles. The van der Waals surface area contributed by atoms with Crippen LogP contribution < -0.4 is 5.32 Å². The van der Waals surface area contributed by atoms with E-state index >= 15 is 0 Å². The predicted octanol–water partition coefficient (Wildman–Crippen LogP) is 1.97. The highest BCUT2D eigenvalue weighted by Crippen LogP contribution is 2.13. The number of pyridine rings is 1. The van der Waals surface area contributed by atoms with Gasteiger partial charge in [0.1, 0.15) is 5.69 Å². The molecule has 106 valence electrons. The van der Waals surface area contributed by atoms with Gasteiger partial charge in [0.15, 0.2) is 11.6 Å². The van der Waals surface area contributed by atoms with Gasteiger partial charge in [-0.25, -0.2) is 4.98 Å². The third kappa shape index (κ3) is 3.00. The summed E-state index contributed by atoms with van der Waals surface area (Å²) in [6, 6.07) is 9.00. The van der Waals surface area contributed by atoms with E-state index < -0.39 is 0 Å². The fraction of sp³-hybridized carbons (Fsp3) is 0.133. The summed E-state index contributed by atoms with van der Waals surface area (Å²) >= 11 is 0. The molecule has 6 nitrogen and oxygen atoms in total. The first kappa shape index (κ1) is 13.1. The van der Waals surface area contributed by atoms with Crippen LogP contribution in [-0.4, -0.2) is 27.0 Å². The molecule has 1 amide bonds. The van der Waals surface area contributed by atoms with Crippen molar-refractivity contribution in [2.45, 2.75) is 6.54 Å². The molecule has 1 N–H and O–H groups in total. The Labute approximate surface area is 121 Å². The molecule has 0 atom stereocenters. The van der Waals surface area contributed by atoms with E-state index in [0.29, 0.717) is 18.8 Å². The van der Waals surface area contributed by atoms with Gasteiger partial charge in [-0.15, -0.1) is 0 Å². The fourth-order valence-electron chi connectivity index (χ4n) is 2.00. The second kappa shape index (κ2) is 6.04. The van der Waals surface area contributed by atoms with Crippen LogP contribution in [0.3, 0.4) is 0 Å². The van der Waals surface area contributed by atoms with Crippen LogP contribution in [0.15, 0.2) is 59.6 Å². The Morgan fingerprint density at radius 2 is 2.14 bits per heavy atom. The molecule has 0 unspecified atom stereocenters. The number of imidazole rings is 1. The normalized spacial score (nSPS) is 10.5. The molecule has 0 aliphatic carbocycles. The first-order chi connectivity index (χ1) is 10.3. The van der Waals surface area contributed by atoms with Crippen molar-refractivity contribution in [3.8, 4) is 11.5 Å². The van der Waals surface area contributed by atoms with E-state index in [1.165, 1.54) is 6.26 Å². The van der Waals surface area contributed by atoms with Crippen molar-refractivity contribution in [1.29, 1.82) is 0 Å². The van der Waals surface area contributed by atoms with E-state index in [1.54, 1.807) is 24.5 Å². The molecular weight excluding hydrogens is 268 g/mol. The molecule has 3 aromatic rings. The zero-order chi connectivity index (χ0) is 14.5. The average Bonchev–Trinajstić information content (AvgIpc) is 3.20. The minimum Gasteiger partial charge on any atom is -0.459 e. The molecule has 3 aromatic heterocycles. The lowest BCUT2D eigenvalue weighted by atomic mass is 10.3. The SMILES string of the molecule is O=C(NCCn1ccnc1-c1ccccn1)c1ccco1. The number of hydrogen-bond acceptors (Lipinski definition) is 4. The molecule has 3 heterocycles. The molecule has 0 spiro atoms. The lowest BCUT2D eigenvalue weighted by Crippen LogP contribution is -2.26. The summed E-state index contributed by atoms with van der Waals surface area (Å²) in [6.45, 7) is 1.09. The van der Waals surface area contributed by atoms with Crippen molar-refractivity contribution in [2.75, 3.05) is 6.54 Å². The summed E-state index contributed by atoms with van der Waals surface area (Å²) in [5.41, 5.74) is 0.805. The largest absolute Gasteiger partial charge is 0.459 e. The summed E-state index contributed by atoms with van der Waals surface area (Å²) in [5.74, 6) is 0.868. The molecule has 3 rings (SSSR count). The van der Waals surface area contributed by atoms with Crippen LogP contribution in [0.25, 0.3) is 11.5 Å². The van der Waals surface area contributed by atoms with Gasteiger partial charge in [0.25, 0.3) is 5.91 Å². The minimum absolute atomic E-state index is 0.223. The van der Waals surface area contributed by atoms with Crippen molar-refractivity contribution in [3.63, 3.8) is 0 Å². The Kier molecular flexibility index (Phi) is 3.77. The van der Waals surface area contributed by atoms with Gasteiger partial charge >= 0.3 is 0 Å². The van der Waals surface area contributed by atoms with Crippen LogP contribution in [0.2, 0.25) is 0 Å². The van der Waals surface area contributed by atoms with Crippen molar-refractivity contribution >= 4 is 5.91 Å². The number of nitrogens with one attached hydrogen (secondary N) is 1. The van der Waals surface area contributed by atoms with Crippen LogP contribution in [0.5, 0.6) is 0 Å². The Morgan fingerprint density at radius 1 is 1.19 bits per heavy atom. The number of rotatable bonds is 5. The molecule has 0 fully saturated rings. The summed E-state index contributed by atoms with van der Waals surface area (Å²) in [7, 11) is 0. The first-order valence-corrected chi connectivity index (χ1v) is 6.59. The lowest BCUT2D eigenvalue weighted by molar-refractivity contribution is 0.0924. The van der Waals surface area contributed by atoms with Crippen LogP contribution in [-0.2, 0) is 6.54 Å². The zero-order valence-corrected chi connectivity index (χ0v) is 11.3. The van der Waals surface area contributed by atoms with Gasteiger partial charge < -0.3 is 14.3 Å². The maximum Gasteiger partial charge on any atom is 0.287 e. The predicted molar refractivity (Wildman–Crippen MR) is 76.5 cm³/mol. The van der Waals surface area contributed by atoms with Crippen LogP contribution >= 0.6 is 0 Å². The molecule has 0 saturated heterocycles. The van der Waals surface area contributed by atoms with Crippen LogP contribution in [0.1, 0.15) is 10.6 Å². The smallest absolute Gasteiger partial charge is 0.287 e.